The van der Waals surface area contributed by atoms with E-state index in [-0.39, 0.29) is 0 Å². The molecule has 2 aromatic rings. The van der Waals surface area contributed by atoms with Gasteiger partial charge in [0.15, 0.2) is 0 Å². The maximum Gasteiger partial charge on any atom is -0.0143 e. The van der Waals surface area contributed by atoms with Crippen molar-refractivity contribution in [1.29, 1.82) is 0 Å². The summed E-state index contributed by atoms with van der Waals surface area (Å²) in [5, 5.41) is 2.97. The van der Waals surface area contributed by atoms with Gasteiger partial charge in [-0.05, 0) is 33.9 Å². The van der Waals surface area contributed by atoms with Crippen molar-refractivity contribution >= 4 is 20.7 Å². The number of hydrogen-bond acceptors (Lipinski definition) is 0. The number of benzene rings is 2. The lowest BCUT2D eigenvalue weighted by Gasteiger charge is -1.89. The van der Waals surface area contributed by atoms with Crippen LogP contribution in [0.4, 0.5) is 0 Å². The minimum absolute atomic E-state index is 0.889. The van der Waals surface area contributed by atoms with Gasteiger partial charge in [0.05, 0.1) is 0 Å². The van der Waals surface area contributed by atoms with Crippen LogP contribution in [0.1, 0.15) is 11.1 Å². The molecule has 1 heteroatoms. The Labute approximate surface area is 103 Å². The summed E-state index contributed by atoms with van der Waals surface area (Å²) in [6.45, 7) is 0. The molecule has 1 saturated heterocycles. The molecule has 0 nitrogen and oxygen atoms in total. The fraction of sp³-hybridized carbons (Fsp3) is 0. The lowest BCUT2D eigenvalue weighted by atomic mass is 10.2. The molecule has 17 heavy (non-hydrogen) atoms. The van der Waals surface area contributed by atoms with Crippen molar-refractivity contribution in [2.75, 3.05) is 0 Å². The lowest BCUT2D eigenvalue weighted by Crippen LogP contribution is -1.68. The van der Waals surface area contributed by atoms with Crippen molar-refractivity contribution in [2.45, 2.75) is 0 Å². The summed E-state index contributed by atoms with van der Waals surface area (Å²) < 4.78 is 0. The molecule has 0 N–H and O–H groups in total. The van der Waals surface area contributed by atoms with E-state index in [0.717, 1.165) is 8.58 Å². The van der Waals surface area contributed by atoms with Crippen molar-refractivity contribution in [3.63, 3.8) is 0 Å². The largest absolute Gasteiger partial charge is 0.0622 e. The van der Waals surface area contributed by atoms with E-state index in [9.17, 15) is 0 Å². The Morgan fingerprint density at radius 1 is 0.588 bits per heavy atom. The predicted molar refractivity (Wildman–Crippen MR) is 77.2 cm³/mol. The van der Waals surface area contributed by atoms with E-state index in [0.29, 0.717) is 0 Å². The highest BCUT2D eigenvalue weighted by Gasteiger charge is 2.20. The second-order valence-electron chi connectivity index (χ2n) is 4.06. The van der Waals surface area contributed by atoms with E-state index >= 15 is 0 Å². The first-order chi connectivity index (χ1) is 8.42. The van der Waals surface area contributed by atoms with Gasteiger partial charge in [-0.15, -0.1) is 0 Å². The summed E-state index contributed by atoms with van der Waals surface area (Å²) in [5.74, 6) is 0. The molecule has 1 fully saturated rings. The van der Waals surface area contributed by atoms with Gasteiger partial charge in [0, 0.05) is 0 Å². The first-order valence-electron chi connectivity index (χ1n) is 5.73. The van der Waals surface area contributed by atoms with Gasteiger partial charge in [0.2, 0.25) is 0 Å². The zero-order valence-corrected chi connectivity index (χ0v) is 10.4. The predicted octanol–water partition coefficient (Wildman–Crippen LogP) is 4.76. The van der Waals surface area contributed by atoms with Crippen molar-refractivity contribution in [2.24, 2.45) is 0 Å². The van der Waals surface area contributed by atoms with E-state index in [1.807, 2.05) is 0 Å². The van der Waals surface area contributed by atoms with E-state index in [2.05, 4.69) is 72.8 Å². The van der Waals surface area contributed by atoms with E-state index in [1.165, 1.54) is 21.8 Å². The molecule has 0 unspecified atom stereocenters. The van der Waals surface area contributed by atoms with Crippen LogP contribution < -0.4 is 0 Å². The van der Waals surface area contributed by atoms with Crippen LogP contribution in [0.5, 0.6) is 0 Å². The smallest absolute Gasteiger partial charge is 0.0143 e. The first-order valence-corrected chi connectivity index (χ1v) is 6.73. The SMILES string of the molecule is C(=C1PC1=Cc1ccccc1)c1ccccc1. The molecule has 0 bridgehead atoms. The van der Waals surface area contributed by atoms with E-state index in [4.69, 9.17) is 0 Å². The van der Waals surface area contributed by atoms with Crippen molar-refractivity contribution in [3.05, 3.63) is 82.4 Å². The standard InChI is InChI=1S/C16H13P/c1-3-7-13(8-4-1)11-15-16(17-15)12-14-9-5-2-6-10-14/h1-12,17H. The summed E-state index contributed by atoms with van der Waals surface area (Å²) in [4.78, 5) is 0. The van der Waals surface area contributed by atoms with Gasteiger partial charge in [-0.3, -0.25) is 0 Å². The highest BCUT2D eigenvalue weighted by Crippen LogP contribution is 2.60. The molecule has 1 heterocycles. The van der Waals surface area contributed by atoms with Gasteiger partial charge in [0.1, 0.15) is 0 Å². The van der Waals surface area contributed by atoms with Crippen LogP contribution in [0.3, 0.4) is 0 Å². The molecule has 1 aliphatic rings. The van der Waals surface area contributed by atoms with Crippen LogP contribution >= 0.6 is 8.58 Å². The third-order valence-electron chi connectivity index (χ3n) is 2.72. The van der Waals surface area contributed by atoms with Gasteiger partial charge in [0.25, 0.3) is 0 Å². The third-order valence-corrected chi connectivity index (χ3v) is 3.83. The summed E-state index contributed by atoms with van der Waals surface area (Å²) in [6.07, 6.45) is 4.57. The number of hydrogen-bond donors (Lipinski definition) is 0. The Bertz CT molecular complexity index is 511. The second-order valence-corrected chi connectivity index (χ2v) is 5.39. The molecule has 2 aromatic carbocycles. The van der Waals surface area contributed by atoms with Crippen LogP contribution in [-0.4, -0.2) is 0 Å². The Hall–Kier alpha value is -1.65. The third kappa shape index (κ3) is 2.72. The van der Waals surface area contributed by atoms with Gasteiger partial charge in [-0.25, -0.2) is 0 Å². The van der Waals surface area contributed by atoms with Crippen molar-refractivity contribution in [3.8, 4) is 0 Å². The molecule has 0 aromatic heterocycles. The molecule has 0 amide bonds. The lowest BCUT2D eigenvalue weighted by molar-refractivity contribution is 1.65. The topological polar surface area (TPSA) is 0 Å². The fourth-order valence-corrected chi connectivity index (χ4v) is 2.62. The van der Waals surface area contributed by atoms with Gasteiger partial charge < -0.3 is 0 Å². The van der Waals surface area contributed by atoms with E-state index in [1.54, 1.807) is 0 Å². The summed E-state index contributed by atoms with van der Waals surface area (Å²) >= 11 is 0. The van der Waals surface area contributed by atoms with Crippen LogP contribution in [0.2, 0.25) is 0 Å². The van der Waals surface area contributed by atoms with Crippen molar-refractivity contribution in [1.82, 2.24) is 0 Å². The molecule has 1 aliphatic heterocycles. The maximum atomic E-state index is 2.28. The zero-order valence-electron chi connectivity index (χ0n) is 9.43. The van der Waals surface area contributed by atoms with Crippen LogP contribution in [0.25, 0.3) is 12.2 Å². The summed E-state index contributed by atoms with van der Waals surface area (Å²) in [7, 11) is 0.889. The number of rotatable bonds is 2. The highest BCUT2D eigenvalue weighted by atomic mass is 31.1. The molecule has 0 atom stereocenters. The van der Waals surface area contributed by atoms with Gasteiger partial charge in [-0.2, -0.15) is 0 Å². The first kappa shape index (κ1) is 10.5. The molecule has 0 aliphatic carbocycles. The highest BCUT2D eigenvalue weighted by molar-refractivity contribution is 7.60. The van der Waals surface area contributed by atoms with Gasteiger partial charge in [-0.1, -0.05) is 69.2 Å². The monoisotopic (exact) mass is 236 g/mol. The maximum absolute atomic E-state index is 2.28. The molecular weight excluding hydrogens is 223 g/mol. The molecule has 82 valence electrons. The summed E-state index contributed by atoms with van der Waals surface area (Å²) in [5.41, 5.74) is 2.60. The minimum Gasteiger partial charge on any atom is -0.0622 e. The molecule has 0 radical (unpaired) electrons. The molecule has 3 rings (SSSR count). The Morgan fingerprint density at radius 2 is 1.00 bits per heavy atom. The Morgan fingerprint density at radius 3 is 1.41 bits per heavy atom. The average Bonchev–Trinajstić information content (AvgIpc) is 3.10. The molecule has 0 spiro atoms. The summed E-state index contributed by atoms with van der Waals surface area (Å²) in [6, 6.07) is 21.0. The zero-order chi connectivity index (χ0) is 11.5. The second kappa shape index (κ2) is 4.69. The van der Waals surface area contributed by atoms with Crippen molar-refractivity contribution < 1.29 is 0 Å². The average molecular weight is 236 g/mol. The van der Waals surface area contributed by atoms with Crippen LogP contribution in [0.15, 0.2) is 71.3 Å². The Kier molecular flexibility index (Phi) is 2.90. The molecular formula is C16H13P. The van der Waals surface area contributed by atoms with E-state index < -0.39 is 0 Å². The number of allylic oxidation sites excluding steroid dienone is 2. The quantitative estimate of drug-likeness (QED) is 0.659. The Balaban J connectivity index is 1.79. The molecule has 0 saturated carbocycles. The normalized spacial score (nSPS) is 20.0. The van der Waals surface area contributed by atoms with Crippen LogP contribution in [0, 0.1) is 0 Å². The fourth-order valence-electron chi connectivity index (χ4n) is 1.77. The van der Waals surface area contributed by atoms with Gasteiger partial charge >= 0.3 is 0 Å². The van der Waals surface area contributed by atoms with Crippen LogP contribution in [-0.2, 0) is 0 Å². The minimum atomic E-state index is 0.889.